The number of nitriles is 1. The number of Topliss-reactive ketones (excluding diaryl/α,β-unsaturated/α-hetero) is 1. The third kappa shape index (κ3) is 5.48. The molecule has 2 N–H and O–H groups in total. The van der Waals surface area contributed by atoms with E-state index in [2.05, 4.69) is 6.07 Å². The summed E-state index contributed by atoms with van der Waals surface area (Å²) in [6, 6.07) is 16.5. The van der Waals surface area contributed by atoms with Crippen molar-refractivity contribution in [3.8, 4) is 11.8 Å². The molecule has 2 aliphatic rings. The lowest BCUT2D eigenvalue weighted by Crippen LogP contribution is -2.42. The van der Waals surface area contributed by atoms with E-state index < -0.39 is 16.3 Å². The number of ketones is 1. The van der Waals surface area contributed by atoms with Gasteiger partial charge in [0.15, 0.2) is 5.78 Å². The Morgan fingerprint density at radius 2 is 1.77 bits per heavy atom. The summed E-state index contributed by atoms with van der Waals surface area (Å²) in [4.78, 5) is 26.9. The van der Waals surface area contributed by atoms with Gasteiger partial charge in [-0.15, -0.1) is 0 Å². The molecule has 0 radical (unpaired) electrons. The molecule has 0 spiro atoms. The monoisotopic (exact) mass is 580 g/mol. The predicted octanol–water partition coefficient (Wildman–Crippen LogP) is 7.18. The maximum atomic E-state index is 14.0. The molecule has 3 aromatic carbocycles. The quantitative estimate of drug-likeness (QED) is 0.242. The molecule has 43 heavy (non-hydrogen) atoms. The summed E-state index contributed by atoms with van der Waals surface area (Å²) >= 11 is 0. The zero-order chi connectivity index (χ0) is 31.2. The normalized spacial score (nSPS) is 17.9. The van der Waals surface area contributed by atoms with E-state index in [0.29, 0.717) is 29.1 Å². The number of non-ortho nitro benzene ring substituents is 1. The minimum atomic E-state index is -0.718. The summed E-state index contributed by atoms with van der Waals surface area (Å²) in [5.41, 5.74) is 12.3. The van der Waals surface area contributed by atoms with Crippen LogP contribution in [0.2, 0.25) is 0 Å². The van der Waals surface area contributed by atoms with Crippen LogP contribution in [0.25, 0.3) is 0 Å². The Bertz CT molecular complexity index is 1770. The standard InChI is InChI=1S/C34H33FN4O4/c1-19-6-9-24(39(41)42)14-28(19)38-29-15-34(4,5)16-30(40)32(29)31(27(17-36)33(38)37)26-13-22(20(2)12-21(26)3)18-43-25-10-7-23(35)8-11-25/h6-14,31H,15-16,18,37H2,1-5H3. The fourth-order valence-electron chi connectivity index (χ4n) is 6.12. The number of hydrogen-bond acceptors (Lipinski definition) is 7. The molecule has 1 aliphatic carbocycles. The van der Waals surface area contributed by atoms with Crippen LogP contribution in [0.15, 0.2) is 77.3 Å². The van der Waals surface area contributed by atoms with Gasteiger partial charge in [0.1, 0.15) is 24.0 Å². The van der Waals surface area contributed by atoms with Crippen LogP contribution in [0.4, 0.5) is 15.8 Å². The molecule has 0 fully saturated rings. The number of aryl methyl sites for hydroxylation is 3. The van der Waals surface area contributed by atoms with Crippen LogP contribution >= 0.6 is 0 Å². The number of anilines is 1. The number of hydrogen-bond donors (Lipinski definition) is 1. The highest BCUT2D eigenvalue weighted by Gasteiger charge is 2.45. The molecule has 9 heteroatoms. The van der Waals surface area contributed by atoms with Crippen LogP contribution < -0.4 is 15.4 Å². The number of nitro groups is 1. The predicted molar refractivity (Wildman–Crippen MR) is 162 cm³/mol. The molecule has 0 saturated heterocycles. The number of rotatable bonds is 6. The molecule has 1 atom stereocenters. The van der Waals surface area contributed by atoms with Crippen LogP contribution in [0.3, 0.4) is 0 Å². The first-order valence-corrected chi connectivity index (χ1v) is 14.0. The summed E-state index contributed by atoms with van der Waals surface area (Å²) < 4.78 is 19.3. The maximum absolute atomic E-state index is 14.0. The lowest BCUT2D eigenvalue weighted by molar-refractivity contribution is -0.384. The molecule has 0 bridgehead atoms. The van der Waals surface area contributed by atoms with Gasteiger partial charge in [-0.1, -0.05) is 32.0 Å². The van der Waals surface area contributed by atoms with Crippen molar-refractivity contribution < 1.29 is 18.8 Å². The Kier molecular flexibility index (Phi) is 7.57. The Balaban J connectivity index is 1.69. The first-order valence-electron chi connectivity index (χ1n) is 14.0. The highest BCUT2D eigenvalue weighted by molar-refractivity contribution is 6.02. The van der Waals surface area contributed by atoms with Crippen molar-refractivity contribution in [3.05, 3.63) is 121 Å². The van der Waals surface area contributed by atoms with E-state index in [1.165, 1.54) is 24.3 Å². The van der Waals surface area contributed by atoms with Crippen LogP contribution in [0.1, 0.15) is 60.4 Å². The molecule has 1 heterocycles. The van der Waals surface area contributed by atoms with Crippen molar-refractivity contribution in [2.75, 3.05) is 4.90 Å². The molecule has 8 nitrogen and oxygen atoms in total. The van der Waals surface area contributed by atoms with Crippen molar-refractivity contribution in [2.24, 2.45) is 11.1 Å². The number of nitrogens with two attached hydrogens (primary N) is 1. The third-order valence-electron chi connectivity index (χ3n) is 8.27. The fraction of sp³-hybridized carbons (Fsp3) is 0.294. The van der Waals surface area contributed by atoms with Gasteiger partial charge >= 0.3 is 0 Å². The number of benzene rings is 3. The van der Waals surface area contributed by atoms with E-state index in [-0.39, 0.29) is 41.7 Å². The van der Waals surface area contributed by atoms with Gasteiger partial charge in [0.2, 0.25) is 0 Å². The van der Waals surface area contributed by atoms with Gasteiger partial charge in [0.05, 0.1) is 28.2 Å². The zero-order valence-corrected chi connectivity index (χ0v) is 24.8. The van der Waals surface area contributed by atoms with E-state index in [4.69, 9.17) is 10.5 Å². The van der Waals surface area contributed by atoms with E-state index in [1.807, 2.05) is 46.8 Å². The zero-order valence-electron chi connectivity index (χ0n) is 24.8. The number of allylic oxidation sites excluding steroid dienone is 3. The van der Waals surface area contributed by atoms with Gasteiger partial charge in [-0.25, -0.2) is 4.39 Å². The van der Waals surface area contributed by atoms with Crippen molar-refractivity contribution in [3.63, 3.8) is 0 Å². The fourth-order valence-corrected chi connectivity index (χ4v) is 6.12. The molecular formula is C34H33FN4O4. The van der Waals surface area contributed by atoms with E-state index in [1.54, 1.807) is 23.1 Å². The molecular weight excluding hydrogens is 547 g/mol. The van der Waals surface area contributed by atoms with E-state index >= 15 is 0 Å². The first-order chi connectivity index (χ1) is 20.3. The second-order valence-electron chi connectivity index (χ2n) is 12.1. The largest absolute Gasteiger partial charge is 0.489 e. The molecule has 1 unspecified atom stereocenters. The summed E-state index contributed by atoms with van der Waals surface area (Å²) in [5, 5.41) is 22.2. The number of carbonyl (C=O) groups is 1. The highest BCUT2D eigenvalue weighted by Crippen LogP contribution is 2.51. The van der Waals surface area contributed by atoms with Crippen molar-refractivity contribution >= 4 is 17.2 Å². The minimum Gasteiger partial charge on any atom is -0.489 e. The second-order valence-corrected chi connectivity index (χ2v) is 12.1. The van der Waals surface area contributed by atoms with Crippen LogP contribution in [-0.4, -0.2) is 10.7 Å². The number of nitrogens with zero attached hydrogens (tertiary/aromatic N) is 3. The van der Waals surface area contributed by atoms with Crippen molar-refractivity contribution in [1.82, 2.24) is 0 Å². The lowest BCUT2D eigenvalue weighted by Gasteiger charge is -2.44. The van der Waals surface area contributed by atoms with Crippen LogP contribution in [0, 0.1) is 53.4 Å². The highest BCUT2D eigenvalue weighted by atomic mass is 19.1. The maximum Gasteiger partial charge on any atom is 0.271 e. The van der Waals surface area contributed by atoms with Crippen LogP contribution in [0.5, 0.6) is 5.75 Å². The summed E-state index contributed by atoms with van der Waals surface area (Å²) in [6.45, 7) is 9.92. The number of halogens is 1. The third-order valence-corrected chi connectivity index (χ3v) is 8.27. The Labute approximate surface area is 250 Å². The van der Waals surface area contributed by atoms with Gasteiger partial charge in [0, 0.05) is 29.8 Å². The Hall–Kier alpha value is -4.97. The Morgan fingerprint density at radius 3 is 2.42 bits per heavy atom. The average molecular weight is 581 g/mol. The molecule has 3 aromatic rings. The molecule has 5 rings (SSSR count). The number of ether oxygens (including phenoxy) is 1. The second kappa shape index (κ2) is 11.0. The minimum absolute atomic E-state index is 0.0892. The average Bonchev–Trinajstić information content (AvgIpc) is 2.93. The molecule has 0 saturated carbocycles. The number of nitro benzene ring substituents is 1. The topological polar surface area (TPSA) is 122 Å². The molecule has 1 aliphatic heterocycles. The first kappa shape index (κ1) is 29.5. The van der Waals surface area contributed by atoms with E-state index in [9.17, 15) is 24.6 Å². The summed E-state index contributed by atoms with van der Waals surface area (Å²) in [6.07, 6.45) is 0.770. The van der Waals surface area contributed by atoms with E-state index in [0.717, 1.165) is 27.8 Å². The molecule has 0 aromatic heterocycles. The SMILES string of the molecule is Cc1cc(C)c(C2C(C#N)=C(N)N(c3cc([N+](=O)[O-])ccc3C)C3=C2C(=O)CC(C)(C)C3)cc1COc1ccc(F)cc1. The van der Waals surface area contributed by atoms with Gasteiger partial charge in [-0.05, 0) is 84.7 Å². The van der Waals surface area contributed by atoms with Gasteiger partial charge in [-0.3, -0.25) is 19.8 Å². The number of carbonyl (C=O) groups excluding carboxylic acids is 1. The molecule has 220 valence electrons. The van der Waals surface area contributed by atoms with Crippen molar-refractivity contribution in [2.45, 2.75) is 60.0 Å². The summed E-state index contributed by atoms with van der Waals surface area (Å²) in [7, 11) is 0. The summed E-state index contributed by atoms with van der Waals surface area (Å²) in [5.74, 6) is -0.507. The molecule has 0 amide bonds. The van der Waals surface area contributed by atoms with Gasteiger partial charge in [0.25, 0.3) is 5.69 Å². The van der Waals surface area contributed by atoms with Crippen molar-refractivity contribution in [1.29, 1.82) is 5.26 Å². The Morgan fingerprint density at radius 1 is 1.07 bits per heavy atom. The van der Waals surface area contributed by atoms with Crippen LogP contribution in [-0.2, 0) is 11.4 Å². The lowest BCUT2D eigenvalue weighted by atomic mass is 9.68. The smallest absolute Gasteiger partial charge is 0.271 e. The van der Waals surface area contributed by atoms with Gasteiger partial charge < -0.3 is 10.5 Å². The van der Waals surface area contributed by atoms with Gasteiger partial charge in [-0.2, -0.15) is 5.26 Å².